The minimum Gasteiger partial charge on any atom is -0.478 e. The average molecular weight is 338 g/mol. The molecule has 2 aromatic rings. The number of anilines is 1. The van der Waals surface area contributed by atoms with Gasteiger partial charge in [0.25, 0.3) is 5.91 Å². The summed E-state index contributed by atoms with van der Waals surface area (Å²) in [5.41, 5.74) is 0.496. The van der Waals surface area contributed by atoms with Gasteiger partial charge in [0.15, 0.2) is 5.69 Å². The maximum atomic E-state index is 12.6. The smallest absolute Gasteiger partial charge is 0.256 e. The Balaban J connectivity index is 1.67. The standard InChI is InChI=1S/C17H18N6O2/c1-2-25-15-5-7-20-17(21-15)23-10-8-22(9-11-23)16(24)13-4-3-6-19-14(13)12-18/h3-7H,2,8-11H2,1H3. The van der Waals surface area contributed by atoms with Crippen LogP contribution in [0.4, 0.5) is 5.95 Å². The van der Waals surface area contributed by atoms with E-state index in [9.17, 15) is 4.79 Å². The molecule has 0 atom stereocenters. The molecule has 1 amide bonds. The van der Waals surface area contributed by atoms with Crippen molar-refractivity contribution in [1.82, 2.24) is 19.9 Å². The van der Waals surface area contributed by atoms with Crippen LogP contribution in [0.2, 0.25) is 0 Å². The third kappa shape index (κ3) is 3.66. The van der Waals surface area contributed by atoms with Crippen LogP contribution in [0.15, 0.2) is 30.6 Å². The molecule has 1 aliphatic heterocycles. The lowest BCUT2D eigenvalue weighted by Crippen LogP contribution is -2.49. The maximum Gasteiger partial charge on any atom is 0.256 e. The molecule has 0 unspecified atom stereocenters. The molecular weight excluding hydrogens is 320 g/mol. The van der Waals surface area contributed by atoms with Gasteiger partial charge in [-0.2, -0.15) is 10.2 Å². The molecule has 2 aromatic heterocycles. The number of rotatable bonds is 4. The van der Waals surface area contributed by atoms with Crippen molar-refractivity contribution in [2.75, 3.05) is 37.7 Å². The predicted molar refractivity (Wildman–Crippen MR) is 90.3 cm³/mol. The van der Waals surface area contributed by atoms with E-state index in [1.54, 1.807) is 29.3 Å². The number of ether oxygens (including phenoxy) is 1. The minimum absolute atomic E-state index is 0.155. The van der Waals surface area contributed by atoms with Crippen LogP contribution in [0.25, 0.3) is 0 Å². The van der Waals surface area contributed by atoms with E-state index < -0.39 is 0 Å². The molecule has 25 heavy (non-hydrogen) atoms. The van der Waals surface area contributed by atoms with Crippen molar-refractivity contribution < 1.29 is 9.53 Å². The summed E-state index contributed by atoms with van der Waals surface area (Å²) in [6, 6.07) is 6.98. The fourth-order valence-electron chi connectivity index (χ4n) is 2.66. The number of carbonyl (C=O) groups excluding carboxylic acids is 1. The second-order valence-electron chi connectivity index (χ2n) is 5.42. The van der Waals surface area contributed by atoms with Gasteiger partial charge < -0.3 is 14.5 Å². The molecule has 1 saturated heterocycles. The Morgan fingerprint density at radius 3 is 2.76 bits per heavy atom. The first-order valence-corrected chi connectivity index (χ1v) is 8.08. The first kappa shape index (κ1) is 16.6. The van der Waals surface area contributed by atoms with Crippen LogP contribution in [-0.4, -0.2) is 58.5 Å². The molecule has 3 rings (SSSR count). The molecule has 0 N–H and O–H groups in total. The van der Waals surface area contributed by atoms with E-state index in [0.29, 0.717) is 50.2 Å². The van der Waals surface area contributed by atoms with Crippen molar-refractivity contribution in [1.29, 1.82) is 5.26 Å². The molecule has 1 fully saturated rings. The summed E-state index contributed by atoms with van der Waals surface area (Å²) in [5.74, 6) is 0.963. The SMILES string of the molecule is CCOc1ccnc(N2CCN(C(=O)c3cccnc3C#N)CC2)n1. The van der Waals surface area contributed by atoms with Crippen molar-refractivity contribution >= 4 is 11.9 Å². The molecule has 0 saturated carbocycles. The van der Waals surface area contributed by atoms with Crippen LogP contribution in [0.1, 0.15) is 23.0 Å². The molecule has 8 heteroatoms. The zero-order chi connectivity index (χ0) is 17.6. The highest BCUT2D eigenvalue weighted by atomic mass is 16.5. The van der Waals surface area contributed by atoms with Crippen molar-refractivity contribution in [3.8, 4) is 11.9 Å². The largest absolute Gasteiger partial charge is 0.478 e. The first-order chi connectivity index (χ1) is 12.2. The van der Waals surface area contributed by atoms with Crippen LogP contribution in [-0.2, 0) is 0 Å². The fourth-order valence-corrected chi connectivity index (χ4v) is 2.66. The predicted octanol–water partition coefficient (Wildman–Crippen LogP) is 1.10. The van der Waals surface area contributed by atoms with E-state index in [2.05, 4.69) is 15.0 Å². The fraction of sp³-hybridized carbons (Fsp3) is 0.353. The molecular formula is C17H18N6O2. The van der Waals surface area contributed by atoms with Gasteiger partial charge in [0.05, 0.1) is 12.2 Å². The van der Waals surface area contributed by atoms with Crippen LogP contribution < -0.4 is 9.64 Å². The number of hydrogen-bond acceptors (Lipinski definition) is 7. The first-order valence-electron chi connectivity index (χ1n) is 8.08. The lowest BCUT2D eigenvalue weighted by molar-refractivity contribution is 0.0745. The molecule has 3 heterocycles. The highest BCUT2D eigenvalue weighted by Crippen LogP contribution is 2.16. The zero-order valence-electron chi connectivity index (χ0n) is 13.9. The summed E-state index contributed by atoms with van der Waals surface area (Å²) in [4.78, 5) is 29.0. The molecule has 0 bridgehead atoms. The van der Waals surface area contributed by atoms with Crippen molar-refractivity contribution in [2.24, 2.45) is 0 Å². The molecule has 0 aromatic carbocycles. The molecule has 8 nitrogen and oxygen atoms in total. The molecule has 128 valence electrons. The van der Waals surface area contributed by atoms with Crippen LogP contribution in [0.3, 0.4) is 0 Å². The van der Waals surface area contributed by atoms with Crippen LogP contribution in [0, 0.1) is 11.3 Å². The number of carbonyl (C=O) groups is 1. The maximum absolute atomic E-state index is 12.6. The Kier molecular flexibility index (Phi) is 5.04. The van der Waals surface area contributed by atoms with Crippen LogP contribution >= 0.6 is 0 Å². The summed E-state index contributed by atoms with van der Waals surface area (Å²) in [6.07, 6.45) is 3.18. The summed E-state index contributed by atoms with van der Waals surface area (Å²) < 4.78 is 5.40. The van der Waals surface area contributed by atoms with Gasteiger partial charge in [0.1, 0.15) is 6.07 Å². The van der Waals surface area contributed by atoms with Crippen molar-refractivity contribution in [3.63, 3.8) is 0 Å². The number of hydrogen-bond donors (Lipinski definition) is 0. The lowest BCUT2D eigenvalue weighted by atomic mass is 10.1. The number of nitrogens with zero attached hydrogens (tertiary/aromatic N) is 6. The third-order valence-corrected chi connectivity index (χ3v) is 3.90. The van der Waals surface area contributed by atoms with Gasteiger partial charge in [-0.3, -0.25) is 4.79 Å². The minimum atomic E-state index is -0.173. The Labute approximate surface area is 145 Å². The van der Waals surface area contributed by atoms with E-state index in [1.165, 1.54) is 6.20 Å². The Hall–Kier alpha value is -3.21. The van der Waals surface area contributed by atoms with E-state index in [4.69, 9.17) is 10.00 Å². The normalized spacial score (nSPS) is 14.1. The van der Waals surface area contributed by atoms with Gasteiger partial charge >= 0.3 is 0 Å². The zero-order valence-corrected chi connectivity index (χ0v) is 13.9. The van der Waals surface area contributed by atoms with Crippen molar-refractivity contribution in [2.45, 2.75) is 6.92 Å². The second kappa shape index (κ2) is 7.57. The Bertz CT molecular complexity index is 796. The van der Waals surface area contributed by atoms with Gasteiger partial charge in [-0.15, -0.1) is 0 Å². The summed E-state index contributed by atoms with van der Waals surface area (Å²) >= 11 is 0. The molecule has 0 spiro atoms. The topological polar surface area (TPSA) is 95.2 Å². The number of piperazine rings is 1. The average Bonchev–Trinajstić information content (AvgIpc) is 2.68. The lowest BCUT2D eigenvalue weighted by Gasteiger charge is -2.34. The number of aromatic nitrogens is 3. The molecule has 1 aliphatic rings. The summed E-state index contributed by atoms with van der Waals surface area (Å²) in [7, 11) is 0. The van der Waals surface area contributed by atoms with E-state index >= 15 is 0 Å². The number of nitriles is 1. The van der Waals surface area contributed by atoms with Crippen LogP contribution in [0.5, 0.6) is 5.88 Å². The quantitative estimate of drug-likeness (QED) is 0.824. The number of pyridine rings is 1. The Morgan fingerprint density at radius 2 is 2.04 bits per heavy atom. The van der Waals surface area contributed by atoms with Gasteiger partial charge in [-0.25, -0.2) is 9.97 Å². The number of amides is 1. The monoisotopic (exact) mass is 338 g/mol. The molecule has 0 radical (unpaired) electrons. The van der Waals surface area contributed by atoms with Gasteiger partial charge in [-0.1, -0.05) is 0 Å². The highest BCUT2D eigenvalue weighted by molar-refractivity contribution is 5.96. The van der Waals surface area contributed by atoms with Crippen molar-refractivity contribution in [3.05, 3.63) is 41.9 Å². The molecule has 0 aliphatic carbocycles. The third-order valence-electron chi connectivity index (χ3n) is 3.90. The second-order valence-corrected chi connectivity index (χ2v) is 5.42. The van der Waals surface area contributed by atoms with E-state index in [0.717, 1.165) is 0 Å². The van der Waals surface area contributed by atoms with Gasteiger partial charge in [0, 0.05) is 44.6 Å². The highest BCUT2D eigenvalue weighted by Gasteiger charge is 2.25. The van der Waals surface area contributed by atoms with E-state index in [-0.39, 0.29) is 11.6 Å². The summed E-state index contributed by atoms with van der Waals surface area (Å²) in [6.45, 7) is 4.74. The van der Waals surface area contributed by atoms with E-state index in [1.807, 2.05) is 17.9 Å². The van der Waals surface area contributed by atoms with Gasteiger partial charge in [-0.05, 0) is 19.1 Å². The van der Waals surface area contributed by atoms with Gasteiger partial charge in [0.2, 0.25) is 11.8 Å². The summed E-state index contributed by atoms with van der Waals surface area (Å²) in [5, 5.41) is 9.11. The Morgan fingerprint density at radius 1 is 1.24 bits per heavy atom.